The van der Waals surface area contributed by atoms with Crippen molar-refractivity contribution in [2.75, 3.05) is 14.1 Å². The van der Waals surface area contributed by atoms with Crippen LogP contribution in [0, 0.1) is 11.8 Å². The highest BCUT2D eigenvalue weighted by atomic mass is 15.0. The maximum absolute atomic E-state index is 2.33. The summed E-state index contributed by atoms with van der Waals surface area (Å²) in [5, 5.41) is 0. The lowest BCUT2D eigenvalue weighted by Gasteiger charge is -2.23. The zero-order valence-electron chi connectivity index (χ0n) is 12.9. The van der Waals surface area contributed by atoms with Gasteiger partial charge in [0, 0.05) is 6.54 Å². The molecule has 0 N–H and O–H groups in total. The van der Waals surface area contributed by atoms with Gasteiger partial charge in [0.2, 0.25) is 0 Å². The van der Waals surface area contributed by atoms with Gasteiger partial charge in [0.25, 0.3) is 0 Å². The zero-order chi connectivity index (χ0) is 13.7. The van der Waals surface area contributed by atoms with Crippen molar-refractivity contribution >= 4 is 0 Å². The Kier molecular flexibility index (Phi) is 5.87. The molecule has 0 fully saturated rings. The molecule has 0 spiro atoms. The van der Waals surface area contributed by atoms with Crippen molar-refractivity contribution in [1.82, 2.24) is 4.90 Å². The van der Waals surface area contributed by atoms with Gasteiger partial charge >= 0.3 is 0 Å². The molecule has 1 atom stereocenters. The molecule has 1 heteroatoms. The van der Waals surface area contributed by atoms with Crippen LogP contribution in [0.25, 0.3) is 0 Å². The summed E-state index contributed by atoms with van der Waals surface area (Å²) in [5.41, 5.74) is 2.90. The summed E-state index contributed by atoms with van der Waals surface area (Å²) < 4.78 is 0. The lowest BCUT2D eigenvalue weighted by atomic mass is 9.82. The Bertz CT molecular complexity index is 335. The summed E-state index contributed by atoms with van der Waals surface area (Å²) in [6.07, 6.45) is 1.28. The quantitative estimate of drug-likeness (QED) is 0.713. The van der Waals surface area contributed by atoms with Crippen molar-refractivity contribution in [3.63, 3.8) is 0 Å². The molecular formula is C17H29N. The lowest BCUT2D eigenvalue weighted by Crippen LogP contribution is -2.12. The Hall–Kier alpha value is -0.820. The van der Waals surface area contributed by atoms with Crippen molar-refractivity contribution in [2.45, 2.75) is 46.6 Å². The Morgan fingerprint density at radius 3 is 1.89 bits per heavy atom. The first kappa shape index (κ1) is 15.2. The van der Waals surface area contributed by atoms with Crippen molar-refractivity contribution in [3.05, 3.63) is 35.4 Å². The molecule has 18 heavy (non-hydrogen) atoms. The van der Waals surface area contributed by atoms with Crippen LogP contribution in [-0.2, 0) is 6.54 Å². The van der Waals surface area contributed by atoms with Gasteiger partial charge in [-0.2, -0.15) is 0 Å². The first-order chi connectivity index (χ1) is 8.40. The molecule has 0 aliphatic heterocycles. The van der Waals surface area contributed by atoms with E-state index in [9.17, 15) is 0 Å². The minimum absolute atomic E-state index is 0.693. The van der Waals surface area contributed by atoms with Crippen molar-refractivity contribution in [1.29, 1.82) is 0 Å². The Labute approximate surface area is 113 Å². The van der Waals surface area contributed by atoms with Gasteiger partial charge in [0.1, 0.15) is 0 Å². The van der Waals surface area contributed by atoms with Gasteiger partial charge in [-0.25, -0.2) is 0 Å². The van der Waals surface area contributed by atoms with E-state index in [1.54, 1.807) is 0 Å². The molecule has 1 unspecified atom stereocenters. The standard InChI is InChI=1S/C17H29N/c1-13(2)11-17(14(3)4)16-9-7-15(8-10-16)12-18(5)6/h7-10,13-14,17H,11-12H2,1-6H3. The van der Waals surface area contributed by atoms with E-state index in [0.29, 0.717) is 11.8 Å². The first-order valence-electron chi connectivity index (χ1n) is 7.13. The minimum atomic E-state index is 0.693. The molecule has 0 aliphatic rings. The van der Waals surface area contributed by atoms with E-state index in [1.807, 2.05) is 0 Å². The number of hydrogen-bond acceptors (Lipinski definition) is 1. The van der Waals surface area contributed by atoms with E-state index in [0.717, 1.165) is 12.5 Å². The van der Waals surface area contributed by atoms with Crippen LogP contribution >= 0.6 is 0 Å². The average Bonchev–Trinajstić information content (AvgIpc) is 2.26. The maximum atomic E-state index is 2.33. The highest BCUT2D eigenvalue weighted by Crippen LogP contribution is 2.31. The summed E-state index contributed by atoms with van der Waals surface area (Å²) >= 11 is 0. The second kappa shape index (κ2) is 6.94. The zero-order valence-corrected chi connectivity index (χ0v) is 12.9. The highest BCUT2D eigenvalue weighted by Gasteiger charge is 2.17. The van der Waals surface area contributed by atoms with Crippen molar-refractivity contribution in [2.24, 2.45) is 11.8 Å². The van der Waals surface area contributed by atoms with Crippen LogP contribution < -0.4 is 0 Å². The normalized spacial score (nSPS) is 13.6. The molecule has 0 saturated carbocycles. The molecule has 1 rings (SSSR count). The van der Waals surface area contributed by atoms with Gasteiger partial charge in [0.15, 0.2) is 0 Å². The van der Waals surface area contributed by atoms with Crippen LogP contribution in [0.2, 0.25) is 0 Å². The first-order valence-corrected chi connectivity index (χ1v) is 7.13. The van der Waals surface area contributed by atoms with Gasteiger partial charge in [-0.05, 0) is 49.4 Å². The molecule has 1 nitrogen and oxygen atoms in total. The van der Waals surface area contributed by atoms with Crippen LogP contribution in [0.3, 0.4) is 0 Å². The molecule has 0 amide bonds. The van der Waals surface area contributed by atoms with Gasteiger partial charge in [0.05, 0.1) is 0 Å². The Balaban J connectivity index is 2.80. The maximum Gasteiger partial charge on any atom is 0.0227 e. The third kappa shape index (κ3) is 4.81. The summed E-state index contributed by atoms with van der Waals surface area (Å²) in [6.45, 7) is 10.3. The summed E-state index contributed by atoms with van der Waals surface area (Å²) in [7, 11) is 4.23. The number of benzene rings is 1. The molecular weight excluding hydrogens is 218 g/mol. The topological polar surface area (TPSA) is 3.24 Å². The van der Waals surface area contributed by atoms with E-state index in [4.69, 9.17) is 0 Å². The number of hydrogen-bond donors (Lipinski definition) is 0. The minimum Gasteiger partial charge on any atom is -0.305 e. The molecule has 1 aromatic rings. The molecule has 0 bridgehead atoms. The van der Waals surface area contributed by atoms with Gasteiger partial charge in [-0.1, -0.05) is 52.0 Å². The summed E-state index contributed by atoms with van der Waals surface area (Å²) in [6, 6.07) is 9.22. The molecule has 102 valence electrons. The lowest BCUT2D eigenvalue weighted by molar-refractivity contribution is 0.400. The molecule has 0 aliphatic carbocycles. The van der Waals surface area contributed by atoms with E-state index in [2.05, 4.69) is 71.0 Å². The molecule has 1 aromatic carbocycles. The molecule has 0 saturated heterocycles. The highest BCUT2D eigenvalue weighted by molar-refractivity contribution is 5.25. The van der Waals surface area contributed by atoms with E-state index < -0.39 is 0 Å². The number of rotatable bonds is 6. The predicted octanol–water partition coefficient (Wildman–Crippen LogP) is 4.53. The third-order valence-corrected chi connectivity index (χ3v) is 3.44. The van der Waals surface area contributed by atoms with Crippen molar-refractivity contribution in [3.8, 4) is 0 Å². The van der Waals surface area contributed by atoms with Gasteiger partial charge in [-0.3, -0.25) is 0 Å². The van der Waals surface area contributed by atoms with Gasteiger partial charge in [-0.15, -0.1) is 0 Å². The van der Waals surface area contributed by atoms with E-state index >= 15 is 0 Å². The fourth-order valence-corrected chi connectivity index (χ4v) is 2.54. The second-order valence-electron chi connectivity index (χ2n) is 6.46. The van der Waals surface area contributed by atoms with E-state index in [-0.39, 0.29) is 0 Å². The molecule has 0 radical (unpaired) electrons. The second-order valence-corrected chi connectivity index (χ2v) is 6.46. The molecule has 0 aromatic heterocycles. The fraction of sp³-hybridized carbons (Fsp3) is 0.647. The van der Waals surface area contributed by atoms with Crippen LogP contribution in [0.15, 0.2) is 24.3 Å². The summed E-state index contributed by atoms with van der Waals surface area (Å²) in [4.78, 5) is 2.21. The fourth-order valence-electron chi connectivity index (χ4n) is 2.54. The smallest absolute Gasteiger partial charge is 0.0227 e. The average molecular weight is 247 g/mol. The largest absolute Gasteiger partial charge is 0.305 e. The Morgan fingerprint density at radius 1 is 0.944 bits per heavy atom. The van der Waals surface area contributed by atoms with Crippen LogP contribution in [0.5, 0.6) is 0 Å². The van der Waals surface area contributed by atoms with Crippen molar-refractivity contribution < 1.29 is 0 Å². The van der Waals surface area contributed by atoms with Crippen LogP contribution in [0.1, 0.15) is 51.2 Å². The SMILES string of the molecule is CC(C)CC(c1ccc(CN(C)C)cc1)C(C)C. The van der Waals surface area contributed by atoms with E-state index in [1.165, 1.54) is 17.5 Å². The summed E-state index contributed by atoms with van der Waals surface area (Å²) in [5.74, 6) is 2.17. The van der Waals surface area contributed by atoms with Crippen LogP contribution in [-0.4, -0.2) is 19.0 Å². The monoisotopic (exact) mass is 247 g/mol. The number of nitrogens with zero attached hydrogens (tertiary/aromatic N) is 1. The predicted molar refractivity (Wildman–Crippen MR) is 80.9 cm³/mol. The van der Waals surface area contributed by atoms with Crippen LogP contribution in [0.4, 0.5) is 0 Å². The molecule has 0 heterocycles. The Morgan fingerprint density at radius 2 is 1.50 bits per heavy atom. The van der Waals surface area contributed by atoms with Gasteiger partial charge < -0.3 is 4.90 Å². The third-order valence-electron chi connectivity index (χ3n) is 3.44.